The van der Waals surface area contributed by atoms with Crippen LogP contribution in [0.4, 0.5) is 0 Å². The van der Waals surface area contributed by atoms with E-state index in [1.54, 1.807) is 0 Å². The zero-order valence-corrected chi connectivity index (χ0v) is 14.8. The van der Waals surface area contributed by atoms with E-state index in [9.17, 15) is 0 Å². The van der Waals surface area contributed by atoms with Crippen molar-refractivity contribution in [2.24, 2.45) is 0 Å². The Balaban J connectivity index is 1.64. The number of H-pyrrole nitrogens is 1. The molecule has 2 heteroatoms. The van der Waals surface area contributed by atoms with Crippen LogP contribution in [-0.4, -0.2) is 4.98 Å². The zero-order valence-electron chi connectivity index (χ0n) is 14.0. The van der Waals surface area contributed by atoms with Crippen molar-refractivity contribution in [1.29, 1.82) is 0 Å². The van der Waals surface area contributed by atoms with Gasteiger partial charge in [0.2, 0.25) is 0 Å². The molecular weight excluding hydrogens is 338 g/mol. The average Bonchev–Trinajstić information content (AvgIpc) is 3.06. The molecular formula is C24H16ClN. The molecule has 0 amide bonds. The molecule has 0 spiro atoms. The molecule has 0 fully saturated rings. The van der Waals surface area contributed by atoms with E-state index in [4.69, 9.17) is 11.6 Å². The second kappa shape index (κ2) is 6.05. The highest BCUT2D eigenvalue weighted by Gasteiger charge is 2.07. The fraction of sp³-hybridized carbons (Fsp3) is 0. The summed E-state index contributed by atoms with van der Waals surface area (Å²) in [5, 5.41) is 3.13. The number of hydrogen-bond donors (Lipinski definition) is 1. The first-order valence-electron chi connectivity index (χ1n) is 8.65. The number of benzene rings is 4. The molecule has 0 aliphatic carbocycles. The van der Waals surface area contributed by atoms with Crippen LogP contribution in [0, 0.1) is 0 Å². The first-order valence-corrected chi connectivity index (χ1v) is 9.03. The Morgan fingerprint density at radius 3 is 2.08 bits per heavy atom. The summed E-state index contributed by atoms with van der Waals surface area (Å²) in [5.74, 6) is 0. The molecule has 0 aliphatic rings. The van der Waals surface area contributed by atoms with E-state index in [0.717, 1.165) is 21.4 Å². The van der Waals surface area contributed by atoms with Gasteiger partial charge < -0.3 is 4.98 Å². The molecule has 4 aromatic carbocycles. The van der Waals surface area contributed by atoms with Crippen molar-refractivity contribution in [3.8, 4) is 22.3 Å². The SMILES string of the molecule is Clc1ccc2[nH]c3cc(-c4cccc(-c5ccccc5)c4)ccc3c2c1. The molecule has 5 rings (SSSR count). The van der Waals surface area contributed by atoms with Gasteiger partial charge in [0.25, 0.3) is 0 Å². The van der Waals surface area contributed by atoms with Crippen molar-refractivity contribution >= 4 is 33.4 Å². The molecule has 1 nitrogen and oxygen atoms in total. The third kappa shape index (κ3) is 2.58. The summed E-state index contributed by atoms with van der Waals surface area (Å²) in [6.07, 6.45) is 0. The second-order valence-electron chi connectivity index (χ2n) is 6.52. The van der Waals surface area contributed by atoms with Gasteiger partial charge in [0, 0.05) is 26.8 Å². The van der Waals surface area contributed by atoms with E-state index in [1.807, 2.05) is 24.3 Å². The summed E-state index contributed by atoms with van der Waals surface area (Å²) < 4.78 is 0. The molecule has 0 saturated heterocycles. The van der Waals surface area contributed by atoms with Gasteiger partial charge in [-0.05, 0) is 52.6 Å². The third-order valence-corrected chi connectivity index (χ3v) is 5.10. The molecule has 124 valence electrons. The standard InChI is InChI=1S/C24H16ClN/c25-20-10-12-23-22(15-20)21-11-9-19(14-24(21)26-23)18-8-4-7-17(13-18)16-5-2-1-3-6-16/h1-15,26H. The van der Waals surface area contributed by atoms with Gasteiger partial charge in [-0.2, -0.15) is 0 Å². The molecule has 1 heterocycles. The number of fused-ring (bicyclic) bond motifs is 3. The van der Waals surface area contributed by atoms with Gasteiger partial charge in [0.05, 0.1) is 0 Å². The first kappa shape index (κ1) is 15.2. The Labute approximate surface area is 156 Å². The molecule has 0 atom stereocenters. The Kier molecular flexibility index (Phi) is 3.55. The number of aromatic amines is 1. The second-order valence-corrected chi connectivity index (χ2v) is 6.96. The van der Waals surface area contributed by atoms with E-state index in [2.05, 4.69) is 71.7 Å². The van der Waals surface area contributed by atoms with Crippen LogP contribution in [0.5, 0.6) is 0 Å². The minimum Gasteiger partial charge on any atom is -0.354 e. The van der Waals surface area contributed by atoms with Gasteiger partial charge in [0.1, 0.15) is 0 Å². The topological polar surface area (TPSA) is 15.8 Å². The van der Waals surface area contributed by atoms with Gasteiger partial charge in [-0.25, -0.2) is 0 Å². The van der Waals surface area contributed by atoms with Crippen molar-refractivity contribution < 1.29 is 0 Å². The fourth-order valence-corrected chi connectivity index (χ4v) is 3.74. The van der Waals surface area contributed by atoms with Crippen molar-refractivity contribution in [3.63, 3.8) is 0 Å². The maximum Gasteiger partial charge on any atom is 0.0471 e. The summed E-state index contributed by atoms with van der Waals surface area (Å²) >= 11 is 6.16. The number of rotatable bonds is 2. The fourth-order valence-electron chi connectivity index (χ4n) is 3.56. The van der Waals surface area contributed by atoms with Crippen LogP contribution >= 0.6 is 11.6 Å². The maximum atomic E-state index is 6.16. The minimum atomic E-state index is 0.762. The van der Waals surface area contributed by atoms with E-state index < -0.39 is 0 Å². The number of halogens is 1. The molecule has 26 heavy (non-hydrogen) atoms. The van der Waals surface area contributed by atoms with Crippen molar-refractivity contribution in [1.82, 2.24) is 4.98 Å². The summed E-state index contributed by atoms with van der Waals surface area (Å²) in [4.78, 5) is 3.50. The molecule has 0 aliphatic heterocycles. The van der Waals surface area contributed by atoms with E-state index in [-0.39, 0.29) is 0 Å². The predicted molar refractivity (Wildman–Crippen MR) is 112 cm³/mol. The van der Waals surface area contributed by atoms with Crippen LogP contribution in [0.15, 0.2) is 91.0 Å². The Morgan fingerprint density at radius 2 is 1.23 bits per heavy atom. The highest BCUT2D eigenvalue weighted by molar-refractivity contribution is 6.31. The molecule has 0 bridgehead atoms. The van der Waals surface area contributed by atoms with Crippen LogP contribution in [0.2, 0.25) is 5.02 Å². The van der Waals surface area contributed by atoms with Gasteiger partial charge in [0.15, 0.2) is 0 Å². The minimum absolute atomic E-state index is 0.762. The van der Waals surface area contributed by atoms with Crippen molar-refractivity contribution in [2.75, 3.05) is 0 Å². The van der Waals surface area contributed by atoms with Crippen LogP contribution in [0.1, 0.15) is 0 Å². The molecule has 1 N–H and O–H groups in total. The van der Waals surface area contributed by atoms with Gasteiger partial charge in [-0.3, -0.25) is 0 Å². The quantitative estimate of drug-likeness (QED) is 0.342. The van der Waals surface area contributed by atoms with Crippen LogP contribution in [0.25, 0.3) is 44.1 Å². The molecule has 1 aromatic heterocycles. The lowest BCUT2D eigenvalue weighted by Gasteiger charge is -2.06. The monoisotopic (exact) mass is 353 g/mol. The van der Waals surface area contributed by atoms with Crippen molar-refractivity contribution in [3.05, 3.63) is 96.0 Å². The van der Waals surface area contributed by atoms with E-state index in [1.165, 1.54) is 27.6 Å². The predicted octanol–water partition coefficient (Wildman–Crippen LogP) is 7.31. The van der Waals surface area contributed by atoms with Crippen LogP contribution < -0.4 is 0 Å². The molecule has 0 saturated carbocycles. The Morgan fingerprint density at radius 1 is 0.500 bits per heavy atom. The Hall–Kier alpha value is -3.03. The van der Waals surface area contributed by atoms with E-state index in [0.29, 0.717) is 0 Å². The Bertz CT molecular complexity index is 1240. The third-order valence-electron chi connectivity index (χ3n) is 4.86. The smallest absolute Gasteiger partial charge is 0.0471 e. The summed E-state index contributed by atoms with van der Waals surface area (Å²) in [6.45, 7) is 0. The summed E-state index contributed by atoms with van der Waals surface area (Å²) in [6, 6.07) is 31.7. The van der Waals surface area contributed by atoms with Crippen LogP contribution in [0.3, 0.4) is 0 Å². The van der Waals surface area contributed by atoms with Crippen molar-refractivity contribution in [2.45, 2.75) is 0 Å². The number of aromatic nitrogens is 1. The lowest BCUT2D eigenvalue weighted by atomic mass is 9.98. The van der Waals surface area contributed by atoms with Crippen LogP contribution in [-0.2, 0) is 0 Å². The van der Waals surface area contributed by atoms with Gasteiger partial charge in [-0.1, -0.05) is 72.3 Å². The van der Waals surface area contributed by atoms with Gasteiger partial charge in [-0.15, -0.1) is 0 Å². The number of nitrogens with one attached hydrogen (secondary N) is 1. The highest BCUT2D eigenvalue weighted by atomic mass is 35.5. The molecule has 0 unspecified atom stereocenters. The first-order chi connectivity index (χ1) is 12.8. The van der Waals surface area contributed by atoms with Gasteiger partial charge >= 0.3 is 0 Å². The maximum absolute atomic E-state index is 6.16. The molecule has 0 radical (unpaired) electrons. The average molecular weight is 354 g/mol. The lowest BCUT2D eigenvalue weighted by molar-refractivity contribution is 1.54. The number of hydrogen-bond acceptors (Lipinski definition) is 0. The summed E-state index contributed by atoms with van der Waals surface area (Å²) in [5.41, 5.74) is 7.12. The van der Waals surface area contributed by atoms with E-state index >= 15 is 0 Å². The largest absolute Gasteiger partial charge is 0.354 e. The highest BCUT2D eigenvalue weighted by Crippen LogP contribution is 2.32. The summed E-state index contributed by atoms with van der Waals surface area (Å²) in [7, 11) is 0. The normalized spacial score (nSPS) is 11.3. The zero-order chi connectivity index (χ0) is 17.5. The molecule has 5 aromatic rings. The lowest BCUT2D eigenvalue weighted by Crippen LogP contribution is -1.81.